The van der Waals surface area contributed by atoms with Gasteiger partial charge in [-0.3, -0.25) is 19.3 Å². The van der Waals surface area contributed by atoms with Gasteiger partial charge in [0.1, 0.15) is 25.1 Å². The third kappa shape index (κ3) is 6.15. The Balaban J connectivity index is 1.64. The highest BCUT2D eigenvalue weighted by atomic mass is 16.5. The molecule has 1 aliphatic heterocycles. The van der Waals surface area contributed by atoms with Crippen molar-refractivity contribution in [2.24, 2.45) is 0 Å². The summed E-state index contributed by atoms with van der Waals surface area (Å²) in [5, 5.41) is 2.07. The number of pyridine rings is 1. The Kier molecular flexibility index (Phi) is 9.19. The maximum atomic E-state index is 13.9. The number of amides is 1. The first-order valence-corrected chi connectivity index (χ1v) is 14.1. The van der Waals surface area contributed by atoms with Crippen LogP contribution in [-0.4, -0.2) is 35.3 Å². The third-order valence-corrected chi connectivity index (χ3v) is 7.13. The van der Waals surface area contributed by atoms with Crippen molar-refractivity contribution < 1.29 is 14.3 Å². The molecule has 0 spiro atoms. The van der Waals surface area contributed by atoms with E-state index in [2.05, 4.69) is 30.3 Å². The number of para-hydroxylation sites is 1. The van der Waals surface area contributed by atoms with E-state index >= 15 is 0 Å². The van der Waals surface area contributed by atoms with E-state index in [9.17, 15) is 9.59 Å². The van der Waals surface area contributed by atoms with Gasteiger partial charge in [0.25, 0.3) is 5.91 Å². The number of unbranched alkanes of at least 4 members (excludes halogenated alkanes) is 1. The minimum atomic E-state index is -0.356. The van der Waals surface area contributed by atoms with Gasteiger partial charge in [-0.05, 0) is 30.0 Å². The zero-order valence-corrected chi connectivity index (χ0v) is 23.6. The van der Waals surface area contributed by atoms with Crippen molar-refractivity contribution in [3.63, 3.8) is 0 Å². The van der Waals surface area contributed by atoms with Gasteiger partial charge in [0.15, 0.2) is 11.4 Å². The highest BCUT2D eigenvalue weighted by Gasteiger charge is 2.37. The molecule has 0 radical (unpaired) electrons. The van der Waals surface area contributed by atoms with E-state index in [4.69, 9.17) is 9.47 Å². The lowest BCUT2D eigenvalue weighted by Crippen LogP contribution is -2.55. The fourth-order valence-corrected chi connectivity index (χ4v) is 5.14. The molecule has 0 fully saturated rings. The topological polar surface area (TPSA) is 64.0 Å². The summed E-state index contributed by atoms with van der Waals surface area (Å²) >= 11 is 0. The van der Waals surface area contributed by atoms with E-state index in [0.29, 0.717) is 13.2 Å². The van der Waals surface area contributed by atoms with Crippen molar-refractivity contribution in [2.75, 3.05) is 24.8 Å². The number of hydrogen-bond acceptors (Lipinski definition) is 5. The number of nitrogens with zero attached hydrogens (tertiary/aromatic N) is 3. The molecule has 0 saturated heterocycles. The Morgan fingerprint density at radius 1 is 0.833 bits per heavy atom. The van der Waals surface area contributed by atoms with Crippen LogP contribution < -0.4 is 19.9 Å². The molecule has 214 valence electrons. The Morgan fingerprint density at radius 3 is 2.29 bits per heavy atom. The molecule has 4 aromatic rings. The molecule has 1 unspecified atom stereocenters. The largest absolute Gasteiger partial charge is 0.493 e. The summed E-state index contributed by atoms with van der Waals surface area (Å²) in [7, 11) is 0. The van der Waals surface area contributed by atoms with E-state index in [1.54, 1.807) is 21.8 Å². The van der Waals surface area contributed by atoms with Crippen LogP contribution in [0.3, 0.4) is 0 Å². The van der Waals surface area contributed by atoms with E-state index in [1.807, 2.05) is 78.9 Å². The van der Waals surface area contributed by atoms with Crippen molar-refractivity contribution in [1.82, 2.24) is 9.58 Å². The van der Waals surface area contributed by atoms with Crippen LogP contribution in [0.25, 0.3) is 0 Å². The van der Waals surface area contributed by atoms with Crippen LogP contribution in [0.2, 0.25) is 0 Å². The smallest absolute Gasteiger partial charge is 0.278 e. The highest BCUT2D eigenvalue weighted by molar-refractivity contribution is 5.96. The molecule has 1 aromatic heterocycles. The molecule has 3 aromatic carbocycles. The van der Waals surface area contributed by atoms with E-state index in [0.717, 1.165) is 35.3 Å². The van der Waals surface area contributed by atoms with Gasteiger partial charge in [0, 0.05) is 24.4 Å². The summed E-state index contributed by atoms with van der Waals surface area (Å²) in [6.07, 6.45) is 6.94. The van der Waals surface area contributed by atoms with Crippen molar-refractivity contribution in [1.29, 1.82) is 0 Å². The second kappa shape index (κ2) is 13.5. The second-order valence-corrected chi connectivity index (χ2v) is 10.0. The van der Waals surface area contributed by atoms with Gasteiger partial charge in [0.2, 0.25) is 5.43 Å². The van der Waals surface area contributed by atoms with Gasteiger partial charge in [-0.2, -0.15) is 0 Å². The van der Waals surface area contributed by atoms with Crippen LogP contribution in [0.1, 0.15) is 46.1 Å². The first kappa shape index (κ1) is 28.5. The molecule has 1 amide bonds. The number of rotatable bonds is 13. The van der Waals surface area contributed by atoms with Gasteiger partial charge in [-0.1, -0.05) is 91.0 Å². The van der Waals surface area contributed by atoms with Gasteiger partial charge >= 0.3 is 0 Å². The molecule has 0 N–H and O–H groups in total. The van der Waals surface area contributed by atoms with Crippen molar-refractivity contribution in [3.8, 4) is 11.5 Å². The second-order valence-electron chi connectivity index (χ2n) is 10.0. The van der Waals surface area contributed by atoms with Crippen LogP contribution in [-0.2, 0) is 6.61 Å². The molecule has 0 bridgehead atoms. The van der Waals surface area contributed by atoms with Gasteiger partial charge in [-0.25, -0.2) is 0 Å². The fourth-order valence-electron chi connectivity index (χ4n) is 5.14. The Hall–Kier alpha value is -5.04. The molecule has 1 aliphatic rings. The van der Waals surface area contributed by atoms with Crippen LogP contribution >= 0.6 is 0 Å². The summed E-state index contributed by atoms with van der Waals surface area (Å²) in [5.74, 6) is 0.476. The molecule has 0 aliphatic carbocycles. The number of carbonyl (C=O) groups is 1. The summed E-state index contributed by atoms with van der Waals surface area (Å²) in [6, 6.07) is 28.7. The lowest BCUT2D eigenvalue weighted by molar-refractivity contribution is 0.0698. The van der Waals surface area contributed by atoms with Gasteiger partial charge < -0.3 is 14.4 Å². The molecule has 42 heavy (non-hydrogen) atoms. The summed E-state index contributed by atoms with van der Waals surface area (Å²) in [6.45, 7) is 8.94. The normalized spacial score (nSPS) is 13.3. The maximum absolute atomic E-state index is 13.9. The summed E-state index contributed by atoms with van der Waals surface area (Å²) in [4.78, 5) is 28.7. The fraction of sp³-hybridized carbons (Fsp3) is 0.200. The maximum Gasteiger partial charge on any atom is 0.278 e. The third-order valence-electron chi connectivity index (χ3n) is 7.13. The Labute approximate surface area is 246 Å². The monoisotopic (exact) mass is 561 g/mol. The first-order valence-electron chi connectivity index (χ1n) is 14.1. The predicted octanol–water partition coefficient (Wildman–Crippen LogP) is 6.10. The summed E-state index contributed by atoms with van der Waals surface area (Å²) < 4.78 is 14.1. The molecule has 7 nitrogen and oxygen atoms in total. The molecular weight excluding hydrogens is 526 g/mol. The minimum Gasteiger partial charge on any atom is -0.493 e. The van der Waals surface area contributed by atoms with Crippen molar-refractivity contribution >= 4 is 5.91 Å². The quantitative estimate of drug-likeness (QED) is 0.146. The lowest BCUT2D eigenvalue weighted by Gasteiger charge is -2.44. The SMILES string of the molecule is C=CCCCOc1ccccc1C(c1ccccc1)N1CN(CC=C)C(=O)c2c(OCc3ccccc3)c(=O)ccn21. The van der Waals surface area contributed by atoms with Crippen molar-refractivity contribution in [3.05, 3.63) is 155 Å². The van der Waals surface area contributed by atoms with E-state index in [-0.39, 0.29) is 42.1 Å². The number of hydrogen-bond donors (Lipinski definition) is 0. The highest BCUT2D eigenvalue weighted by Crippen LogP contribution is 2.37. The number of ether oxygens (including phenoxy) is 2. The predicted molar refractivity (Wildman–Crippen MR) is 165 cm³/mol. The van der Waals surface area contributed by atoms with Crippen LogP contribution in [0, 0.1) is 0 Å². The van der Waals surface area contributed by atoms with Crippen LogP contribution in [0.5, 0.6) is 11.5 Å². The molecule has 5 rings (SSSR count). The van der Waals surface area contributed by atoms with Crippen LogP contribution in [0.15, 0.2) is 127 Å². The van der Waals surface area contributed by atoms with Crippen molar-refractivity contribution in [2.45, 2.75) is 25.5 Å². The van der Waals surface area contributed by atoms with E-state index < -0.39 is 0 Å². The molecule has 0 saturated carbocycles. The number of aromatic nitrogens is 1. The molecule has 1 atom stereocenters. The minimum absolute atomic E-state index is 0.0193. The zero-order valence-electron chi connectivity index (χ0n) is 23.6. The van der Waals surface area contributed by atoms with Crippen LogP contribution in [0.4, 0.5) is 0 Å². The molecule has 7 heteroatoms. The number of allylic oxidation sites excluding steroid dienone is 1. The first-order chi connectivity index (χ1) is 20.6. The average Bonchev–Trinajstić information content (AvgIpc) is 3.02. The zero-order chi connectivity index (χ0) is 29.3. The van der Waals surface area contributed by atoms with Gasteiger partial charge in [0.05, 0.1) is 6.61 Å². The molecular formula is C35H35N3O4. The van der Waals surface area contributed by atoms with E-state index in [1.165, 1.54) is 6.07 Å². The average molecular weight is 562 g/mol. The molecule has 2 heterocycles. The number of fused-ring (bicyclic) bond motifs is 1. The number of benzene rings is 3. The standard InChI is InChI=1S/C35H35N3O4/c1-3-5-14-24-41-31-20-13-12-19-29(31)32(28-17-10-7-11-18-28)38-26-36(22-4-2)35(40)33-34(30(39)21-23-37(33)38)42-25-27-15-8-6-9-16-27/h3-4,6-13,15-21,23,32H,1-2,5,14,22,24-26H2. The Morgan fingerprint density at radius 2 is 1.55 bits per heavy atom. The van der Waals surface area contributed by atoms with Gasteiger partial charge in [-0.15, -0.1) is 13.2 Å². The summed E-state index contributed by atoms with van der Waals surface area (Å²) in [5.41, 5.74) is 2.66. The number of carbonyl (C=O) groups excluding carboxylic acids is 1. The Bertz CT molecular complexity index is 1580. The lowest BCUT2D eigenvalue weighted by atomic mass is 9.97.